The van der Waals surface area contributed by atoms with E-state index in [1.165, 1.54) is 47.7 Å². The van der Waals surface area contributed by atoms with E-state index in [2.05, 4.69) is 12.2 Å². The summed E-state index contributed by atoms with van der Waals surface area (Å²) < 4.78 is 5.83. The first-order chi connectivity index (χ1) is 9.80. The molecular formula is C16H28N2OS. The molecule has 1 unspecified atom stereocenters. The van der Waals surface area contributed by atoms with Crippen LogP contribution in [0.3, 0.4) is 0 Å². The fraction of sp³-hybridized carbons (Fsp3) is 0.812. The van der Waals surface area contributed by atoms with Gasteiger partial charge in [0.1, 0.15) is 11.1 Å². The van der Waals surface area contributed by atoms with Crippen molar-refractivity contribution in [2.24, 2.45) is 5.92 Å². The lowest BCUT2D eigenvalue weighted by Gasteiger charge is -2.27. The molecule has 1 fully saturated rings. The third-order valence-corrected chi connectivity index (χ3v) is 5.35. The fourth-order valence-corrected chi connectivity index (χ4v) is 4.48. The number of methoxy groups -OCH3 is 1. The van der Waals surface area contributed by atoms with E-state index >= 15 is 0 Å². The van der Waals surface area contributed by atoms with Crippen LogP contribution in [0.4, 0.5) is 0 Å². The Morgan fingerprint density at radius 2 is 2.10 bits per heavy atom. The molecule has 2 rings (SSSR count). The van der Waals surface area contributed by atoms with Gasteiger partial charge in [-0.05, 0) is 32.2 Å². The smallest absolute Gasteiger partial charge is 0.122 e. The minimum absolute atomic E-state index is 0.210. The van der Waals surface area contributed by atoms with Crippen LogP contribution in [-0.4, -0.2) is 19.1 Å². The largest absolute Gasteiger partial charge is 0.374 e. The van der Waals surface area contributed by atoms with E-state index in [9.17, 15) is 0 Å². The van der Waals surface area contributed by atoms with Crippen LogP contribution in [0.1, 0.15) is 67.1 Å². The summed E-state index contributed by atoms with van der Waals surface area (Å²) in [6, 6.07) is 0. The zero-order chi connectivity index (χ0) is 14.4. The number of aromatic nitrogens is 1. The van der Waals surface area contributed by atoms with Gasteiger partial charge in [0.2, 0.25) is 0 Å². The van der Waals surface area contributed by atoms with Gasteiger partial charge in [-0.1, -0.05) is 32.6 Å². The molecule has 0 aliphatic heterocycles. The van der Waals surface area contributed by atoms with Crippen molar-refractivity contribution in [3.05, 3.63) is 15.6 Å². The molecule has 0 bridgehead atoms. The Hall–Kier alpha value is -0.450. The topological polar surface area (TPSA) is 34.1 Å². The highest BCUT2D eigenvalue weighted by Crippen LogP contribution is 2.38. The van der Waals surface area contributed by atoms with Crippen molar-refractivity contribution in [3.63, 3.8) is 0 Å². The third-order valence-electron chi connectivity index (χ3n) is 4.19. The van der Waals surface area contributed by atoms with Gasteiger partial charge in [0.05, 0.1) is 5.69 Å². The molecule has 0 radical (unpaired) electrons. The van der Waals surface area contributed by atoms with Crippen molar-refractivity contribution in [1.82, 2.24) is 10.3 Å². The predicted octanol–water partition coefficient (Wildman–Crippen LogP) is 4.08. The highest BCUT2D eigenvalue weighted by atomic mass is 32.1. The van der Waals surface area contributed by atoms with Crippen LogP contribution in [0.15, 0.2) is 0 Å². The van der Waals surface area contributed by atoms with Gasteiger partial charge in [0.25, 0.3) is 0 Å². The van der Waals surface area contributed by atoms with E-state index in [1.54, 1.807) is 0 Å². The zero-order valence-corrected chi connectivity index (χ0v) is 13.9. The Morgan fingerprint density at radius 1 is 1.35 bits per heavy atom. The van der Waals surface area contributed by atoms with E-state index in [0.717, 1.165) is 19.4 Å². The zero-order valence-electron chi connectivity index (χ0n) is 13.1. The monoisotopic (exact) mass is 296 g/mol. The van der Waals surface area contributed by atoms with E-state index in [1.807, 2.05) is 25.5 Å². The summed E-state index contributed by atoms with van der Waals surface area (Å²) in [4.78, 5) is 6.31. The van der Waals surface area contributed by atoms with Crippen molar-refractivity contribution >= 4 is 11.3 Å². The Kier molecular flexibility index (Phi) is 6.46. The number of hydrogen-bond donors (Lipinski definition) is 1. The Morgan fingerprint density at radius 3 is 2.70 bits per heavy atom. The average molecular weight is 296 g/mol. The summed E-state index contributed by atoms with van der Waals surface area (Å²) in [6.07, 6.45) is 9.11. The van der Waals surface area contributed by atoms with Crippen LogP contribution in [0, 0.1) is 5.92 Å². The highest BCUT2D eigenvalue weighted by Gasteiger charge is 2.28. The number of hydrogen-bond acceptors (Lipinski definition) is 4. The molecule has 1 saturated carbocycles. The maximum absolute atomic E-state index is 5.83. The van der Waals surface area contributed by atoms with Gasteiger partial charge in [-0.3, -0.25) is 0 Å². The number of thiazole rings is 1. The molecule has 20 heavy (non-hydrogen) atoms. The first-order valence-corrected chi connectivity index (χ1v) is 8.77. The minimum atomic E-state index is 0.210. The van der Waals surface area contributed by atoms with Crippen LogP contribution in [0.2, 0.25) is 0 Å². The average Bonchev–Trinajstić information content (AvgIpc) is 2.85. The van der Waals surface area contributed by atoms with Crippen LogP contribution >= 0.6 is 11.3 Å². The van der Waals surface area contributed by atoms with Gasteiger partial charge in [0, 0.05) is 18.5 Å². The second-order valence-corrected chi connectivity index (χ2v) is 6.87. The third kappa shape index (κ3) is 3.80. The Labute approximate surface area is 127 Å². The summed E-state index contributed by atoms with van der Waals surface area (Å²) in [5.41, 5.74) is 1.28. The predicted molar refractivity (Wildman–Crippen MR) is 85.2 cm³/mol. The molecule has 0 spiro atoms. The van der Waals surface area contributed by atoms with Gasteiger partial charge in [-0.2, -0.15) is 0 Å². The molecule has 0 aromatic carbocycles. The summed E-state index contributed by atoms with van der Waals surface area (Å²) in [5.74, 6) is 0.664. The standard InChI is InChI=1S/C16H28N2OS/c1-4-8-13-14(11-17-2)20-16(18-13)15(19-3)12-9-6-5-7-10-12/h12,15,17H,4-11H2,1-3H3. The first kappa shape index (κ1) is 15.9. The molecule has 4 heteroatoms. The van der Waals surface area contributed by atoms with E-state index in [0.29, 0.717) is 5.92 Å². The van der Waals surface area contributed by atoms with Crippen LogP contribution in [0.25, 0.3) is 0 Å². The first-order valence-electron chi connectivity index (χ1n) is 7.96. The van der Waals surface area contributed by atoms with Crippen molar-refractivity contribution in [3.8, 4) is 0 Å². The molecule has 0 amide bonds. The maximum Gasteiger partial charge on any atom is 0.122 e. The molecular weight excluding hydrogens is 268 g/mol. The lowest BCUT2D eigenvalue weighted by molar-refractivity contribution is 0.0351. The molecule has 3 nitrogen and oxygen atoms in total. The Balaban J connectivity index is 2.17. The van der Waals surface area contributed by atoms with Crippen LogP contribution in [-0.2, 0) is 17.7 Å². The molecule has 1 atom stereocenters. The molecule has 1 N–H and O–H groups in total. The molecule has 1 aliphatic carbocycles. The number of ether oxygens (including phenoxy) is 1. The molecule has 1 aromatic heterocycles. The maximum atomic E-state index is 5.83. The quantitative estimate of drug-likeness (QED) is 0.823. The van der Waals surface area contributed by atoms with E-state index in [-0.39, 0.29) is 6.10 Å². The van der Waals surface area contributed by atoms with Gasteiger partial charge >= 0.3 is 0 Å². The lowest BCUT2D eigenvalue weighted by Crippen LogP contribution is -2.17. The second kappa shape index (κ2) is 8.11. The molecule has 1 heterocycles. The van der Waals surface area contributed by atoms with Crippen molar-refractivity contribution in [2.75, 3.05) is 14.2 Å². The number of aryl methyl sites for hydroxylation is 1. The highest BCUT2D eigenvalue weighted by molar-refractivity contribution is 7.11. The summed E-state index contributed by atoms with van der Waals surface area (Å²) in [6.45, 7) is 3.14. The van der Waals surface area contributed by atoms with E-state index in [4.69, 9.17) is 9.72 Å². The summed E-state index contributed by atoms with van der Waals surface area (Å²) in [7, 11) is 3.85. The van der Waals surface area contributed by atoms with Gasteiger partial charge in [-0.25, -0.2) is 4.98 Å². The van der Waals surface area contributed by atoms with Crippen molar-refractivity contribution in [2.45, 2.75) is 64.5 Å². The number of rotatable bonds is 7. The van der Waals surface area contributed by atoms with Crippen LogP contribution in [0.5, 0.6) is 0 Å². The molecule has 1 aliphatic rings. The van der Waals surface area contributed by atoms with Gasteiger partial charge in [-0.15, -0.1) is 11.3 Å². The second-order valence-electron chi connectivity index (χ2n) is 5.76. The fourth-order valence-electron chi connectivity index (χ4n) is 3.19. The lowest BCUT2D eigenvalue weighted by atomic mass is 9.85. The summed E-state index contributed by atoms with van der Waals surface area (Å²) in [5, 5.41) is 4.46. The van der Waals surface area contributed by atoms with Gasteiger partial charge in [0.15, 0.2) is 0 Å². The van der Waals surface area contributed by atoms with Crippen molar-refractivity contribution < 1.29 is 4.74 Å². The SMILES string of the molecule is CCCc1nc(C(OC)C2CCCCC2)sc1CNC. The Bertz CT molecular complexity index is 376. The van der Waals surface area contributed by atoms with Gasteiger partial charge < -0.3 is 10.1 Å². The van der Waals surface area contributed by atoms with E-state index < -0.39 is 0 Å². The minimum Gasteiger partial charge on any atom is -0.374 e. The molecule has 1 aromatic rings. The summed E-state index contributed by atoms with van der Waals surface area (Å²) >= 11 is 1.85. The normalized spacial score (nSPS) is 18.4. The molecule has 114 valence electrons. The number of nitrogens with one attached hydrogen (secondary N) is 1. The number of nitrogens with zero attached hydrogens (tertiary/aromatic N) is 1. The van der Waals surface area contributed by atoms with Crippen molar-refractivity contribution in [1.29, 1.82) is 0 Å². The molecule has 0 saturated heterocycles. The van der Waals surface area contributed by atoms with Crippen LogP contribution < -0.4 is 5.32 Å².